The number of halogens is 2. The monoisotopic (exact) mass is 383 g/mol. The number of carbonyl (C=O) groups excluding carboxylic acids is 1. The maximum Gasteiger partial charge on any atom is 0.258 e. The number of hydrogen-bond acceptors (Lipinski definition) is 4. The third-order valence-corrected chi connectivity index (χ3v) is 4.07. The molecule has 1 aromatic heterocycles. The van der Waals surface area contributed by atoms with Crippen molar-refractivity contribution in [3.8, 4) is 5.75 Å². The summed E-state index contributed by atoms with van der Waals surface area (Å²) in [5, 5.41) is 5.68. The van der Waals surface area contributed by atoms with Gasteiger partial charge in [0.25, 0.3) is 5.91 Å². The minimum Gasteiger partial charge on any atom is -0.497 e. The van der Waals surface area contributed by atoms with Gasteiger partial charge in [-0.3, -0.25) is 4.79 Å². The Morgan fingerprint density at radius 1 is 1.07 bits per heavy atom. The van der Waals surface area contributed by atoms with E-state index in [1.165, 1.54) is 6.20 Å². The van der Waals surface area contributed by atoms with Crippen LogP contribution in [-0.4, -0.2) is 24.5 Å². The second-order valence-electron chi connectivity index (χ2n) is 6.04. The Bertz CT molecular complexity index is 945. The first-order chi connectivity index (χ1) is 13.5. The summed E-state index contributed by atoms with van der Waals surface area (Å²) in [5.41, 5.74) is 1.19. The van der Waals surface area contributed by atoms with Crippen LogP contribution in [0.3, 0.4) is 0 Å². The summed E-state index contributed by atoms with van der Waals surface area (Å²) in [6, 6.07) is 13.9. The normalized spacial score (nSPS) is 10.4. The Balaban J connectivity index is 1.53. The van der Waals surface area contributed by atoms with Crippen LogP contribution in [0.1, 0.15) is 15.9 Å². The Morgan fingerprint density at radius 3 is 2.54 bits per heavy atom. The summed E-state index contributed by atoms with van der Waals surface area (Å²) in [4.78, 5) is 16.3. The van der Waals surface area contributed by atoms with E-state index in [0.29, 0.717) is 18.1 Å². The number of anilines is 2. The summed E-state index contributed by atoms with van der Waals surface area (Å²) in [5.74, 6) is -0.749. The molecule has 0 saturated heterocycles. The fraction of sp³-hybridized carbons (Fsp3) is 0.143. The Kier molecular flexibility index (Phi) is 6.16. The summed E-state index contributed by atoms with van der Waals surface area (Å²) in [7, 11) is 1.63. The van der Waals surface area contributed by atoms with Gasteiger partial charge in [0.1, 0.15) is 23.2 Å². The first-order valence-electron chi connectivity index (χ1n) is 8.64. The van der Waals surface area contributed by atoms with Crippen LogP contribution in [-0.2, 0) is 6.42 Å². The second kappa shape index (κ2) is 8.94. The zero-order chi connectivity index (χ0) is 19.9. The van der Waals surface area contributed by atoms with Gasteiger partial charge in [-0.1, -0.05) is 12.1 Å². The maximum atomic E-state index is 13.6. The molecule has 0 saturated carbocycles. The molecule has 0 atom stereocenters. The molecule has 5 nitrogen and oxygen atoms in total. The van der Waals surface area contributed by atoms with Crippen LogP contribution in [0.5, 0.6) is 5.75 Å². The third-order valence-electron chi connectivity index (χ3n) is 4.07. The van der Waals surface area contributed by atoms with Gasteiger partial charge in [-0.15, -0.1) is 0 Å². The number of rotatable bonds is 7. The molecular formula is C21H19F2N3O2. The van der Waals surface area contributed by atoms with E-state index in [2.05, 4.69) is 15.6 Å². The number of methoxy groups -OCH3 is 1. The molecule has 144 valence electrons. The van der Waals surface area contributed by atoms with Crippen LogP contribution < -0.4 is 15.4 Å². The number of pyridine rings is 1. The van der Waals surface area contributed by atoms with Crippen molar-refractivity contribution in [1.82, 2.24) is 4.98 Å². The van der Waals surface area contributed by atoms with E-state index in [1.807, 2.05) is 24.3 Å². The van der Waals surface area contributed by atoms with Gasteiger partial charge in [-0.2, -0.15) is 0 Å². The third kappa shape index (κ3) is 5.03. The zero-order valence-electron chi connectivity index (χ0n) is 15.2. The number of nitrogens with zero attached hydrogens (tertiary/aromatic N) is 1. The molecule has 0 bridgehead atoms. The first-order valence-corrected chi connectivity index (χ1v) is 8.64. The highest BCUT2D eigenvalue weighted by Crippen LogP contribution is 2.15. The molecule has 28 heavy (non-hydrogen) atoms. The van der Waals surface area contributed by atoms with E-state index in [-0.39, 0.29) is 5.56 Å². The first kappa shape index (κ1) is 19.3. The fourth-order valence-electron chi connectivity index (χ4n) is 2.57. The molecule has 3 rings (SSSR count). The summed E-state index contributed by atoms with van der Waals surface area (Å²) in [6.07, 6.45) is 2.26. The van der Waals surface area contributed by atoms with E-state index in [4.69, 9.17) is 4.74 Å². The lowest BCUT2D eigenvalue weighted by Gasteiger charge is -2.09. The van der Waals surface area contributed by atoms with Gasteiger partial charge < -0.3 is 15.4 Å². The van der Waals surface area contributed by atoms with E-state index in [0.717, 1.165) is 35.9 Å². The SMILES string of the molecule is COc1ccc(CCNc2ccc(NC(=O)c3cc(F)ccc3F)cn2)cc1. The minimum absolute atomic E-state index is 0.360. The highest BCUT2D eigenvalue weighted by atomic mass is 19.1. The summed E-state index contributed by atoms with van der Waals surface area (Å²) in [6.45, 7) is 0.680. The molecule has 0 aliphatic carbocycles. The van der Waals surface area contributed by atoms with Crippen LogP contribution in [0.25, 0.3) is 0 Å². The van der Waals surface area contributed by atoms with Crippen molar-refractivity contribution >= 4 is 17.4 Å². The van der Waals surface area contributed by atoms with Crippen LogP contribution >= 0.6 is 0 Å². The van der Waals surface area contributed by atoms with Crippen LogP contribution in [0.2, 0.25) is 0 Å². The molecule has 0 radical (unpaired) electrons. The van der Waals surface area contributed by atoms with Crippen molar-refractivity contribution in [3.05, 3.63) is 83.6 Å². The van der Waals surface area contributed by atoms with Crippen LogP contribution in [0.4, 0.5) is 20.3 Å². The van der Waals surface area contributed by atoms with E-state index >= 15 is 0 Å². The van der Waals surface area contributed by atoms with Crippen molar-refractivity contribution < 1.29 is 18.3 Å². The largest absolute Gasteiger partial charge is 0.497 e. The predicted molar refractivity (Wildman–Crippen MR) is 104 cm³/mol. The lowest BCUT2D eigenvalue weighted by molar-refractivity contribution is 0.102. The molecule has 2 aromatic carbocycles. The van der Waals surface area contributed by atoms with Crippen molar-refractivity contribution in [2.75, 3.05) is 24.3 Å². The van der Waals surface area contributed by atoms with Crippen molar-refractivity contribution in [2.24, 2.45) is 0 Å². The molecule has 0 unspecified atom stereocenters. The average molecular weight is 383 g/mol. The quantitative estimate of drug-likeness (QED) is 0.639. The smallest absolute Gasteiger partial charge is 0.258 e. The minimum atomic E-state index is -0.788. The van der Waals surface area contributed by atoms with Crippen molar-refractivity contribution in [1.29, 1.82) is 0 Å². The van der Waals surface area contributed by atoms with Crippen LogP contribution in [0.15, 0.2) is 60.8 Å². The van der Waals surface area contributed by atoms with Gasteiger partial charge >= 0.3 is 0 Å². The molecule has 0 spiro atoms. The summed E-state index contributed by atoms with van der Waals surface area (Å²) < 4.78 is 32.0. The molecular weight excluding hydrogens is 364 g/mol. The van der Waals surface area contributed by atoms with Crippen LogP contribution in [0, 0.1) is 11.6 Å². The van der Waals surface area contributed by atoms with E-state index in [9.17, 15) is 13.6 Å². The number of benzene rings is 2. The van der Waals surface area contributed by atoms with E-state index in [1.54, 1.807) is 19.2 Å². The molecule has 0 aliphatic heterocycles. The number of ether oxygens (including phenoxy) is 1. The molecule has 3 aromatic rings. The lowest BCUT2D eigenvalue weighted by Crippen LogP contribution is -2.14. The van der Waals surface area contributed by atoms with Gasteiger partial charge in [0, 0.05) is 6.54 Å². The molecule has 0 fully saturated rings. The van der Waals surface area contributed by atoms with Crippen molar-refractivity contribution in [2.45, 2.75) is 6.42 Å². The Labute approximate surface area is 161 Å². The topological polar surface area (TPSA) is 63.2 Å². The maximum absolute atomic E-state index is 13.6. The van der Waals surface area contributed by atoms with Gasteiger partial charge in [-0.25, -0.2) is 13.8 Å². The standard InChI is InChI=1S/C21H19F2N3O2/c1-28-17-6-2-14(3-7-17)10-11-24-20-9-5-16(13-25-20)26-21(27)18-12-15(22)4-8-19(18)23/h2-9,12-13H,10-11H2,1H3,(H,24,25)(H,26,27). The molecule has 1 heterocycles. The number of nitrogens with one attached hydrogen (secondary N) is 2. The Morgan fingerprint density at radius 2 is 1.86 bits per heavy atom. The molecule has 1 amide bonds. The zero-order valence-corrected chi connectivity index (χ0v) is 15.2. The lowest BCUT2D eigenvalue weighted by atomic mass is 10.1. The van der Waals surface area contributed by atoms with Gasteiger partial charge in [0.15, 0.2) is 0 Å². The predicted octanol–water partition coefficient (Wildman–Crippen LogP) is 4.28. The highest BCUT2D eigenvalue weighted by Gasteiger charge is 2.13. The number of hydrogen-bond donors (Lipinski definition) is 2. The fourth-order valence-corrected chi connectivity index (χ4v) is 2.57. The van der Waals surface area contributed by atoms with E-state index < -0.39 is 17.5 Å². The number of carbonyl (C=O) groups is 1. The molecule has 7 heteroatoms. The molecule has 2 N–H and O–H groups in total. The molecule has 0 aliphatic rings. The Hall–Kier alpha value is -3.48. The highest BCUT2D eigenvalue weighted by molar-refractivity contribution is 6.04. The van der Waals surface area contributed by atoms with Gasteiger partial charge in [0.2, 0.25) is 0 Å². The summed E-state index contributed by atoms with van der Waals surface area (Å²) >= 11 is 0. The van der Waals surface area contributed by atoms with Gasteiger partial charge in [-0.05, 0) is 54.4 Å². The number of aromatic nitrogens is 1. The second-order valence-corrected chi connectivity index (χ2v) is 6.04. The average Bonchev–Trinajstić information content (AvgIpc) is 2.71. The number of amides is 1. The van der Waals surface area contributed by atoms with Gasteiger partial charge in [0.05, 0.1) is 24.6 Å². The van der Waals surface area contributed by atoms with Crippen molar-refractivity contribution in [3.63, 3.8) is 0 Å².